The molecule has 0 bridgehead atoms. The van der Waals surface area contributed by atoms with Gasteiger partial charge < -0.3 is 11.5 Å². The number of hydrogen-bond acceptors (Lipinski definition) is 3. The monoisotopic (exact) mass is 292 g/mol. The van der Waals surface area contributed by atoms with Gasteiger partial charge in [-0.25, -0.2) is 0 Å². The van der Waals surface area contributed by atoms with Gasteiger partial charge in [0.25, 0.3) is 0 Å². The van der Waals surface area contributed by atoms with E-state index in [9.17, 15) is 0 Å². The second kappa shape index (κ2) is 5.38. The van der Waals surface area contributed by atoms with Gasteiger partial charge in [-0.05, 0) is 27.4 Å². The van der Waals surface area contributed by atoms with Crippen LogP contribution in [0.25, 0.3) is 0 Å². The number of halogens is 1. The van der Waals surface area contributed by atoms with E-state index in [4.69, 9.17) is 16.9 Å². The van der Waals surface area contributed by atoms with E-state index in [2.05, 4.69) is 20.9 Å². The van der Waals surface area contributed by atoms with Crippen LogP contribution in [0.3, 0.4) is 0 Å². The second-order valence-corrected chi connectivity index (χ2v) is 5.14. The molecule has 76 valence electrons. The van der Waals surface area contributed by atoms with E-state index in [1.807, 2.05) is 11.4 Å². The maximum Gasteiger partial charge on any atom is 0.193 e. The Morgan fingerprint density at radius 1 is 1.64 bits per heavy atom. The van der Waals surface area contributed by atoms with Gasteiger partial charge in [-0.2, -0.15) is 4.99 Å². The lowest BCUT2D eigenvalue weighted by Crippen LogP contribution is -2.23. The molecule has 1 rings (SSSR count). The first kappa shape index (κ1) is 11.5. The van der Waals surface area contributed by atoms with E-state index in [1.165, 1.54) is 16.6 Å². The van der Waals surface area contributed by atoms with Gasteiger partial charge in [-0.1, -0.05) is 11.8 Å². The summed E-state index contributed by atoms with van der Waals surface area (Å²) in [6, 6.07) is 1.98. The number of guanidine groups is 1. The third-order valence-electron chi connectivity index (χ3n) is 1.26. The van der Waals surface area contributed by atoms with Crippen molar-refractivity contribution in [1.29, 1.82) is 5.41 Å². The Balaban J connectivity index is 2.46. The number of thiophene rings is 1. The van der Waals surface area contributed by atoms with Gasteiger partial charge in [0.15, 0.2) is 11.1 Å². The number of rotatable bonds is 2. The van der Waals surface area contributed by atoms with Gasteiger partial charge in [0.1, 0.15) is 0 Å². The summed E-state index contributed by atoms with van der Waals surface area (Å²) < 4.78 is 1.06. The van der Waals surface area contributed by atoms with E-state index >= 15 is 0 Å². The molecule has 1 aromatic heterocycles. The van der Waals surface area contributed by atoms with Crippen LogP contribution >= 0.6 is 39.0 Å². The van der Waals surface area contributed by atoms with Crippen molar-refractivity contribution in [1.82, 2.24) is 0 Å². The summed E-state index contributed by atoms with van der Waals surface area (Å²) in [4.78, 5) is 4.79. The molecule has 1 heterocycles. The maximum atomic E-state index is 7.40. The normalized spacial score (nSPS) is 9.79. The molecule has 0 saturated carbocycles. The molecule has 0 atom stereocenters. The molecule has 7 heteroatoms. The van der Waals surface area contributed by atoms with Crippen molar-refractivity contribution < 1.29 is 0 Å². The molecule has 0 aliphatic heterocycles. The zero-order valence-corrected chi connectivity index (χ0v) is 10.4. The van der Waals surface area contributed by atoms with E-state index < -0.39 is 0 Å². The number of nitrogens with one attached hydrogen (secondary N) is 1. The first-order valence-corrected chi connectivity index (χ1v) is 6.28. The molecule has 0 aromatic carbocycles. The molecule has 0 amide bonds. The van der Waals surface area contributed by atoms with Crippen molar-refractivity contribution in [2.45, 2.75) is 5.75 Å². The second-order valence-electron chi connectivity index (χ2n) is 2.32. The number of nitrogens with zero attached hydrogens (tertiary/aromatic N) is 1. The van der Waals surface area contributed by atoms with Crippen LogP contribution in [0.2, 0.25) is 0 Å². The lowest BCUT2D eigenvalue weighted by Gasteiger charge is -1.97. The predicted octanol–water partition coefficient (Wildman–Crippen LogP) is 1.95. The highest BCUT2D eigenvalue weighted by Crippen LogP contribution is 2.27. The topological polar surface area (TPSA) is 88.2 Å². The largest absolute Gasteiger partial charge is 0.370 e. The standard InChI is InChI=1S/C7H9BrN4S2/c8-4-1-2-13-5(4)3-14-7(11)12-6(9)10/h1-2H,3H2,(H5,9,10,11,12). The van der Waals surface area contributed by atoms with Crippen molar-refractivity contribution in [3.63, 3.8) is 0 Å². The average molecular weight is 293 g/mol. The van der Waals surface area contributed by atoms with E-state index in [0.717, 1.165) is 4.47 Å². The number of aliphatic imine (C=N–C) groups is 1. The predicted molar refractivity (Wildman–Crippen MR) is 66.9 cm³/mol. The molecule has 0 radical (unpaired) electrons. The summed E-state index contributed by atoms with van der Waals surface area (Å²) in [6.07, 6.45) is 0. The summed E-state index contributed by atoms with van der Waals surface area (Å²) in [5.41, 5.74) is 10.3. The lowest BCUT2D eigenvalue weighted by molar-refractivity contribution is 1.43. The first-order chi connectivity index (χ1) is 6.59. The van der Waals surface area contributed by atoms with Crippen molar-refractivity contribution >= 4 is 50.2 Å². The van der Waals surface area contributed by atoms with Crippen molar-refractivity contribution in [2.24, 2.45) is 16.5 Å². The first-order valence-electron chi connectivity index (χ1n) is 3.62. The highest BCUT2D eigenvalue weighted by Gasteiger charge is 2.03. The van der Waals surface area contributed by atoms with Gasteiger partial charge in [0.2, 0.25) is 0 Å². The van der Waals surface area contributed by atoms with Crippen LogP contribution in [-0.2, 0) is 5.75 Å². The van der Waals surface area contributed by atoms with Crippen molar-refractivity contribution in [3.8, 4) is 0 Å². The summed E-state index contributed by atoms with van der Waals surface area (Å²) in [6.45, 7) is 0. The van der Waals surface area contributed by atoms with Gasteiger partial charge in [0.05, 0.1) is 0 Å². The molecule has 0 aliphatic carbocycles. The van der Waals surface area contributed by atoms with Gasteiger partial charge in [-0.15, -0.1) is 11.3 Å². The van der Waals surface area contributed by atoms with Crippen molar-refractivity contribution in [2.75, 3.05) is 0 Å². The fourth-order valence-corrected chi connectivity index (χ4v) is 3.22. The molecular formula is C7H9BrN4S2. The summed E-state index contributed by atoms with van der Waals surface area (Å²) >= 11 is 6.34. The van der Waals surface area contributed by atoms with Crippen LogP contribution in [0, 0.1) is 5.41 Å². The Hall–Kier alpha value is -0.530. The molecule has 0 spiro atoms. The fourth-order valence-electron chi connectivity index (χ4n) is 0.712. The summed E-state index contributed by atoms with van der Waals surface area (Å²) in [5.74, 6) is 0.626. The lowest BCUT2D eigenvalue weighted by atomic mass is 10.5. The molecule has 0 unspecified atom stereocenters. The minimum Gasteiger partial charge on any atom is -0.370 e. The molecule has 14 heavy (non-hydrogen) atoms. The minimum atomic E-state index is -0.0762. The number of amidine groups is 1. The van der Waals surface area contributed by atoms with Crippen LogP contribution in [0.1, 0.15) is 4.88 Å². The Kier molecular flexibility index (Phi) is 4.43. The smallest absolute Gasteiger partial charge is 0.193 e. The molecular weight excluding hydrogens is 284 g/mol. The van der Waals surface area contributed by atoms with Gasteiger partial charge in [0, 0.05) is 15.1 Å². The highest BCUT2D eigenvalue weighted by molar-refractivity contribution is 9.10. The molecule has 5 N–H and O–H groups in total. The minimum absolute atomic E-state index is 0.0762. The summed E-state index contributed by atoms with van der Waals surface area (Å²) in [5, 5.41) is 9.52. The van der Waals surface area contributed by atoms with E-state index in [0.29, 0.717) is 5.75 Å². The maximum absolute atomic E-state index is 7.40. The van der Waals surface area contributed by atoms with Crippen LogP contribution in [0.15, 0.2) is 20.9 Å². The zero-order chi connectivity index (χ0) is 10.6. The Labute approximate surface area is 98.4 Å². The zero-order valence-electron chi connectivity index (χ0n) is 7.16. The number of hydrogen-bond donors (Lipinski definition) is 3. The van der Waals surface area contributed by atoms with Gasteiger partial charge in [-0.3, -0.25) is 5.41 Å². The Bertz CT molecular complexity index is 356. The summed E-state index contributed by atoms with van der Waals surface area (Å²) in [7, 11) is 0. The molecule has 0 saturated heterocycles. The van der Waals surface area contributed by atoms with Gasteiger partial charge >= 0.3 is 0 Å². The Morgan fingerprint density at radius 2 is 2.36 bits per heavy atom. The third-order valence-corrected chi connectivity index (χ3v) is 4.17. The molecule has 4 nitrogen and oxygen atoms in total. The Morgan fingerprint density at radius 3 is 2.86 bits per heavy atom. The van der Waals surface area contributed by atoms with Crippen LogP contribution in [0.4, 0.5) is 0 Å². The van der Waals surface area contributed by atoms with Crippen LogP contribution in [-0.4, -0.2) is 11.1 Å². The SMILES string of the molecule is N=C(N=C(N)N)SCc1sccc1Br. The van der Waals surface area contributed by atoms with Crippen LogP contribution in [0.5, 0.6) is 0 Å². The molecule has 0 fully saturated rings. The number of thioether (sulfide) groups is 1. The van der Waals surface area contributed by atoms with Crippen LogP contribution < -0.4 is 11.5 Å². The fraction of sp³-hybridized carbons (Fsp3) is 0.143. The quantitative estimate of drug-likeness (QED) is 0.575. The molecule has 0 aliphatic rings. The van der Waals surface area contributed by atoms with E-state index in [-0.39, 0.29) is 11.1 Å². The van der Waals surface area contributed by atoms with E-state index in [1.54, 1.807) is 11.3 Å². The number of nitrogens with two attached hydrogens (primary N) is 2. The average Bonchev–Trinajstić information content (AvgIpc) is 2.46. The highest BCUT2D eigenvalue weighted by atomic mass is 79.9. The third kappa shape index (κ3) is 3.69. The molecule has 1 aromatic rings. The van der Waals surface area contributed by atoms with Crippen molar-refractivity contribution in [3.05, 3.63) is 20.8 Å².